The number of halogens is 1. The van der Waals surface area contributed by atoms with Gasteiger partial charge in [-0.25, -0.2) is 4.39 Å². The maximum atomic E-state index is 13.8. The van der Waals surface area contributed by atoms with E-state index in [1.807, 2.05) is 0 Å². The SMILES string of the molecule is COc1cccc(CC(=O)C2CCOC2)c1F. The van der Waals surface area contributed by atoms with Crippen LogP contribution in [0.4, 0.5) is 4.39 Å². The third-order valence-electron chi connectivity index (χ3n) is 3.01. The first-order valence-corrected chi connectivity index (χ1v) is 5.64. The summed E-state index contributed by atoms with van der Waals surface area (Å²) < 4.78 is 23.8. The Morgan fingerprint density at radius 1 is 1.59 bits per heavy atom. The summed E-state index contributed by atoms with van der Waals surface area (Å²) in [7, 11) is 1.41. The summed E-state index contributed by atoms with van der Waals surface area (Å²) in [5.74, 6) is -0.310. The van der Waals surface area contributed by atoms with Crippen molar-refractivity contribution < 1.29 is 18.7 Å². The smallest absolute Gasteiger partial charge is 0.168 e. The standard InChI is InChI=1S/C13H15FO3/c1-16-12-4-2-3-9(13(12)14)7-11(15)10-5-6-17-8-10/h2-4,10H,5-8H2,1H3. The van der Waals surface area contributed by atoms with Gasteiger partial charge in [0.1, 0.15) is 5.78 Å². The normalized spacial score (nSPS) is 19.3. The number of rotatable bonds is 4. The van der Waals surface area contributed by atoms with Crippen LogP contribution in [-0.2, 0) is 16.0 Å². The fourth-order valence-corrected chi connectivity index (χ4v) is 1.97. The van der Waals surface area contributed by atoms with Crippen molar-refractivity contribution >= 4 is 5.78 Å². The Balaban J connectivity index is 2.10. The highest BCUT2D eigenvalue weighted by atomic mass is 19.1. The number of methoxy groups -OCH3 is 1. The van der Waals surface area contributed by atoms with Crippen LogP contribution < -0.4 is 4.74 Å². The summed E-state index contributed by atoms with van der Waals surface area (Å²) in [6.45, 7) is 1.08. The van der Waals surface area contributed by atoms with Crippen molar-refractivity contribution in [2.24, 2.45) is 5.92 Å². The summed E-state index contributed by atoms with van der Waals surface area (Å²) >= 11 is 0. The van der Waals surface area contributed by atoms with E-state index < -0.39 is 5.82 Å². The number of carbonyl (C=O) groups excluding carboxylic acids is 1. The molecule has 0 amide bonds. The van der Waals surface area contributed by atoms with Crippen molar-refractivity contribution in [2.45, 2.75) is 12.8 Å². The largest absolute Gasteiger partial charge is 0.494 e. The van der Waals surface area contributed by atoms with Crippen molar-refractivity contribution in [1.29, 1.82) is 0 Å². The van der Waals surface area contributed by atoms with Crippen LogP contribution in [-0.4, -0.2) is 26.1 Å². The van der Waals surface area contributed by atoms with Gasteiger partial charge in [-0.3, -0.25) is 4.79 Å². The van der Waals surface area contributed by atoms with Gasteiger partial charge in [0.2, 0.25) is 0 Å². The van der Waals surface area contributed by atoms with Gasteiger partial charge < -0.3 is 9.47 Å². The molecule has 3 nitrogen and oxygen atoms in total. The lowest BCUT2D eigenvalue weighted by Gasteiger charge is -2.09. The van der Waals surface area contributed by atoms with E-state index >= 15 is 0 Å². The van der Waals surface area contributed by atoms with Crippen LogP contribution in [0, 0.1) is 11.7 Å². The van der Waals surface area contributed by atoms with Crippen molar-refractivity contribution in [3.8, 4) is 5.75 Å². The van der Waals surface area contributed by atoms with E-state index in [-0.39, 0.29) is 23.9 Å². The van der Waals surface area contributed by atoms with Crippen LogP contribution >= 0.6 is 0 Å². The second kappa shape index (κ2) is 5.27. The average Bonchev–Trinajstić information content (AvgIpc) is 2.85. The van der Waals surface area contributed by atoms with Gasteiger partial charge in [-0.2, -0.15) is 0 Å². The second-order valence-corrected chi connectivity index (χ2v) is 4.14. The Morgan fingerprint density at radius 3 is 3.06 bits per heavy atom. The van der Waals surface area contributed by atoms with Crippen LogP contribution in [0.3, 0.4) is 0 Å². The van der Waals surface area contributed by atoms with E-state index in [4.69, 9.17) is 9.47 Å². The van der Waals surface area contributed by atoms with Crippen LogP contribution in [0.15, 0.2) is 18.2 Å². The van der Waals surface area contributed by atoms with E-state index in [0.717, 1.165) is 6.42 Å². The van der Waals surface area contributed by atoms with E-state index in [9.17, 15) is 9.18 Å². The molecule has 1 aliphatic rings. The zero-order chi connectivity index (χ0) is 12.3. The Bertz CT molecular complexity index is 411. The van der Waals surface area contributed by atoms with Crippen molar-refractivity contribution in [1.82, 2.24) is 0 Å². The molecule has 4 heteroatoms. The lowest BCUT2D eigenvalue weighted by Crippen LogP contribution is -2.17. The molecule has 1 unspecified atom stereocenters. The molecule has 1 aliphatic heterocycles. The second-order valence-electron chi connectivity index (χ2n) is 4.14. The first-order valence-electron chi connectivity index (χ1n) is 5.64. The lowest BCUT2D eigenvalue weighted by molar-refractivity contribution is -0.122. The molecule has 0 aromatic heterocycles. The summed E-state index contributed by atoms with van der Waals surface area (Å²) in [5.41, 5.74) is 0.390. The molecular weight excluding hydrogens is 223 g/mol. The number of Topliss-reactive ketones (excluding diaryl/α,β-unsaturated/α-hetero) is 1. The van der Waals surface area contributed by atoms with E-state index in [0.29, 0.717) is 18.8 Å². The third-order valence-corrected chi connectivity index (χ3v) is 3.01. The molecular formula is C13H15FO3. The maximum absolute atomic E-state index is 13.8. The highest BCUT2D eigenvalue weighted by Crippen LogP contribution is 2.22. The minimum Gasteiger partial charge on any atom is -0.494 e. The van der Waals surface area contributed by atoms with Crippen molar-refractivity contribution in [3.63, 3.8) is 0 Å². The number of hydrogen-bond donors (Lipinski definition) is 0. The topological polar surface area (TPSA) is 35.5 Å². The monoisotopic (exact) mass is 238 g/mol. The molecule has 1 heterocycles. The number of hydrogen-bond acceptors (Lipinski definition) is 3. The fourth-order valence-electron chi connectivity index (χ4n) is 1.97. The zero-order valence-corrected chi connectivity index (χ0v) is 9.74. The summed E-state index contributed by atoms with van der Waals surface area (Å²) in [4.78, 5) is 11.9. The highest BCUT2D eigenvalue weighted by molar-refractivity contribution is 5.83. The molecule has 0 N–H and O–H groups in total. The minimum absolute atomic E-state index is 0.0367. The third kappa shape index (κ3) is 2.64. The molecule has 1 fully saturated rings. The molecule has 0 spiro atoms. The molecule has 0 aliphatic carbocycles. The first-order chi connectivity index (χ1) is 8.22. The van der Waals surface area contributed by atoms with Gasteiger partial charge in [0.25, 0.3) is 0 Å². The number of ketones is 1. The molecule has 0 saturated carbocycles. The van der Waals surface area contributed by atoms with E-state index in [2.05, 4.69) is 0 Å². The molecule has 92 valence electrons. The Labute approximate surface area is 99.5 Å². The molecule has 1 atom stereocenters. The Hall–Kier alpha value is -1.42. The molecule has 1 aromatic rings. The predicted octanol–water partition coefficient (Wildman–Crippen LogP) is 1.98. The summed E-state index contributed by atoms with van der Waals surface area (Å²) in [6.07, 6.45) is 0.849. The molecule has 1 saturated heterocycles. The van der Waals surface area contributed by atoms with Gasteiger partial charge >= 0.3 is 0 Å². The zero-order valence-electron chi connectivity index (χ0n) is 9.74. The molecule has 0 bridgehead atoms. The number of benzene rings is 1. The van der Waals surface area contributed by atoms with Gasteiger partial charge in [0.05, 0.1) is 13.7 Å². The van der Waals surface area contributed by atoms with E-state index in [1.165, 1.54) is 7.11 Å². The van der Waals surface area contributed by atoms with Gasteiger partial charge in [-0.05, 0) is 18.1 Å². The van der Waals surface area contributed by atoms with Gasteiger partial charge in [0, 0.05) is 18.9 Å². The average molecular weight is 238 g/mol. The highest BCUT2D eigenvalue weighted by Gasteiger charge is 2.24. The predicted molar refractivity (Wildman–Crippen MR) is 60.6 cm³/mol. The fraction of sp³-hybridized carbons (Fsp3) is 0.462. The van der Waals surface area contributed by atoms with Crippen LogP contribution in [0.2, 0.25) is 0 Å². The maximum Gasteiger partial charge on any atom is 0.168 e. The Morgan fingerprint density at radius 2 is 2.41 bits per heavy atom. The summed E-state index contributed by atoms with van der Waals surface area (Å²) in [6, 6.07) is 4.85. The minimum atomic E-state index is -0.442. The Kier molecular flexibility index (Phi) is 3.74. The molecule has 0 radical (unpaired) electrons. The van der Waals surface area contributed by atoms with Crippen LogP contribution in [0.1, 0.15) is 12.0 Å². The quantitative estimate of drug-likeness (QED) is 0.804. The lowest BCUT2D eigenvalue weighted by atomic mass is 9.97. The molecule has 1 aromatic carbocycles. The summed E-state index contributed by atoms with van der Waals surface area (Å²) in [5, 5.41) is 0. The van der Waals surface area contributed by atoms with Gasteiger partial charge in [-0.1, -0.05) is 12.1 Å². The first kappa shape index (κ1) is 12.0. The van der Waals surface area contributed by atoms with E-state index in [1.54, 1.807) is 18.2 Å². The molecule has 2 rings (SSSR count). The number of ether oxygens (including phenoxy) is 2. The number of carbonyl (C=O) groups is 1. The van der Waals surface area contributed by atoms with Crippen LogP contribution in [0.5, 0.6) is 5.75 Å². The molecule has 17 heavy (non-hydrogen) atoms. The van der Waals surface area contributed by atoms with Crippen LogP contribution in [0.25, 0.3) is 0 Å². The van der Waals surface area contributed by atoms with Gasteiger partial charge in [0.15, 0.2) is 11.6 Å². The van der Waals surface area contributed by atoms with Crippen molar-refractivity contribution in [2.75, 3.05) is 20.3 Å². The van der Waals surface area contributed by atoms with Gasteiger partial charge in [-0.15, -0.1) is 0 Å². The van der Waals surface area contributed by atoms with Crippen molar-refractivity contribution in [3.05, 3.63) is 29.6 Å².